The zero-order valence-electron chi connectivity index (χ0n) is 13.4. The Hall–Kier alpha value is -0.160. The molecule has 0 saturated heterocycles. The maximum Gasteiger partial charge on any atom is 0.0593 e. The van der Waals surface area contributed by atoms with E-state index >= 15 is 0 Å². The predicted molar refractivity (Wildman–Crippen MR) is 81.8 cm³/mol. The number of nitrogens with one attached hydrogen (secondary N) is 1. The molecule has 0 unspecified atom stereocenters. The minimum Gasteiger partial charge on any atom is -0.380 e. The highest BCUT2D eigenvalue weighted by molar-refractivity contribution is 4.60. The minimum absolute atomic E-state index is 0.777. The molecular weight excluding hydrogens is 240 g/mol. The lowest BCUT2D eigenvalue weighted by Gasteiger charge is -2.22. The summed E-state index contributed by atoms with van der Waals surface area (Å²) in [5, 5.41) is 3.50. The van der Waals surface area contributed by atoms with Crippen molar-refractivity contribution in [1.29, 1.82) is 0 Å². The molecule has 0 aromatic rings. The molecule has 4 heteroatoms. The van der Waals surface area contributed by atoms with E-state index in [1.807, 2.05) is 13.8 Å². The fraction of sp³-hybridized carbons (Fsp3) is 1.00. The van der Waals surface area contributed by atoms with Gasteiger partial charge in [0.05, 0.1) is 13.2 Å². The second kappa shape index (κ2) is 14.3. The average molecular weight is 274 g/mol. The Bertz CT molecular complexity index is 168. The number of hydrogen-bond acceptors (Lipinski definition) is 4. The van der Waals surface area contributed by atoms with Gasteiger partial charge in [0.2, 0.25) is 0 Å². The molecule has 0 aromatic heterocycles. The monoisotopic (exact) mass is 274 g/mol. The molecule has 0 aliphatic rings. The van der Waals surface area contributed by atoms with Crippen molar-refractivity contribution in [2.24, 2.45) is 5.92 Å². The van der Waals surface area contributed by atoms with Gasteiger partial charge in [-0.3, -0.25) is 4.90 Å². The predicted octanol–water partition coefficient (Wildman–Crippen LogP) is 2.00. The van der Waals surface area contributed by atoms with Crippen molar-refractivity contribution in [2.45, 2.75) is 34.1 Å². The van der Waals surface area contributed by atoms with E-state index in [0.29, 0.717) is 0 Å². The van der Waals surface area contributed by atoms with Crippen LogP contribution in [0, 0.1) is 5.92 Å². The summed E-state index contributed by atoms with van der Waals surface area (Å²) in [5.74, 6) is 0.777. The van der Waals surface area contributed by atoms with Gasteiger partial charge in [-0.05, 0) is 32.7 Å². The Morgan fingerprint density at radius 2 is 1.47 bits per heavy atom. The van der Waals surface area contributed by atoms with Crippen LogP contribution in [-0.4, -0.2) is 64.1 Å². The van der Waals surface area contributed by atoms with Crippen LogP contribution in [0.3, 0.4) is 0 Å². The van der Waals surface area contributed by atoms with E-state index in [2.05, 4.69) is 24.1 Å². The number of ether oxygens (including phenoxy) is 2. The number of rotatable bonds is 14. The zero-order chi connectivity index (χ0) is 14.3. The highest BCUT2D eigenvalue weighted by atomic mass is 16.5. The van der Waals surface area contributed by atoms with E-state index < -0.39 is 0 Å². The summed E-state index contributed by atoms with van der Waals surface area (Å²) in [6.45, 7) is 17.0. The lowest BCUT2D eigenvalue weighted by Crippen LogP contribution is -2.37. The third-order valence-electron chi connectivity index (χ3n) is 3.02. The molecule has 0 rings (SSSR count). The Morgan fingerprint density at radius 3 is 1.95 bits per heavy atom. The first kappa shape index (κ1) is 18.8. The normalized spacial score (nSPS) is 11.7. The van der Waals surface area contributed by atoms with Crippen LogP contribution in [0.5, 0.6) is 0 Å². The molecule has 0 aliphatic carbocycles. The molecule has 0 radical (unpaired) electrons. The summed E-state index contributed by atoms with van der Waals surface area (Å²) in [6.07, 6.45) is 1.25. The zero-order valence-corrected chi connectivity index (χ0v) is 13.4. The molecule has 4 nitrogen and oxygen atoms in total. The molecular formula is C15H34N2O2. The van der Waals surface area contributed by atoms with Gasteiger partial charge >= 0.3 is 0 Å². The van der Waals surface area contributed by atoms with Gasteiger partial charge in [-0.25, -0.2) is 0 Å². The van der Waals surface area contributed by atoms with Crippen LogP contribution in [0.4, 0.5) is 0 Å². The van der Waals surface area contributed by atoms with Gasteiger partial charge in [0.15, 0.2) is 0 Å². The topological polar surface area (TPSA) is 33.7 Å². The van der Waals surface area contributed by atoms with Crippen LogP contribution in [0.1, 0.15) is 34.1 Å². The summed E-state index contributed by atoms with van der Waals surface area (Å²) in [6, 6.07) is 0. The summed E-state index contributed by atoms with van der Waals surface area (Å²) in [4.78, 5) is 2.41. The van der Waals surface area contributed by atoms with Gasteiger partial charge in [-0.1, -0.05) is 13.8 Å². The average Bonchev–Trinajstić information content (AvgIpc) is 2.38. The first-order valence-corrected chi connectivity index (χ1v) is 7.79. The third kappa shape index (κ3) is 14.1. The van der Waals surface area contributed by atoms with E-state index in [1.165, 1.54) is 6.42 Å². The lowest BCUT2D eigenvalue weighted by molar-refractivity contribution is 0.0832. The third-order valence-corrected chi connectivity index (χ3v) is 3.02. The van der Waals surface area contributed by atoms with Gasteiger partial charge < -0.3 is 14.8 Å². The fourth-order valence-corrected chi connectivity index (χ4v) is 1.76. The maximum atomic E-state index is 5.43. The van der Waals surface area contributed by atoms with E-state index in [4.69, 9.17) is 9.47 Å². The molecule has 0 fully saturated rings. The summed E-state index contributed by atoms with van der Waals surface area (Å²) >= 11 is 0. The first-order chi connectivity index (χ1) is 9.20. The molecule has 0 saturated carbocycles. The Kier molecular flexibility index (Phi) is 14.1. The Labute approximate surface area is 119 Å². The van der Waals surface area contributed by atoms with Gasteiger partial charge in [0.1, 0.15) is 0 Å². The quantitative estimate of drug-likeness (QED) is 0.491. The van der Waals surface area contributed by atoms with Gasteiger partial charge in [-0.15, -0.1) is 0 Å². The largest absolute Gasteiger partial charge is 0.380 e. The smallest absolute Gasteiger partial charge is 0.0593 e. The van der Waals surface area contributed by atoms with Crippen LogP contribution in [0.25, 0.3) is 0 Å². The first-order valence-electron chi connectivity index (χ1n) is 7.79. The molecule has 116 valence electrons. The van der Waals surface area contributed by atoms with Crippen molar-refractivity contribution in [2.75, 3.05) is 59.2 Å². The van der Waals surface area contributed by atoms with Crippen molar-refractivity contribution in [1.82, 2.24) is 10.2 Å². The molecule has 0 amide bonds. The summed E-state index contributed by atoms with van der Waals surface area (Å²) in [5.41, 5.74) is 0. The highest BCUT2D eigenvalue weighted by Gasteiger charge is 2.04. The number of hydrogen-bond donors (Lipinski definition) is 1. The molecule has 0 aliphatic heterocycles. The van der Waals surface area contributed by atoms with E-state index in [-0.39, 0.29) is 0 Å². The molecule has 0 aromatic carbocycles. The standard InChI is InChI=1S/C15H34N2O2/c1-5-18-13-11-17(12-14-19-6-2)10-9-16-8-7-15(3)4/h15-16H,5-14H2,1-4H3. The second-order valence-electron chi connectivity index (χ2n) is 5.17. The van der Waals surface area contributed by atoms with Crippen molar-refractivity contribution >= 4 is 0 Å². The van der Waals surface area contributed by atoms with Crippen molar-refractivity contribution in [3.8, 4) is 0 Å². The molecule has 0 heterocycles. The van der Waals surface area contributed by atoms with Gasteiger partial charge in [0, 0.05) is 39.4 Å². The fourth-order valence-electron chi connectivity index (χ4n) is 1.76. The SMILES string of the molecule is CCOCCN(CCNCCC(C)C)CCOCC. The van der Waals surface area contributed by atoms with Crippen LogP contribution < -0.4 is 5.32 Å². The Morgan fingerprint density at radius 1 is 0.895 bits per heavy atom. The Balaban J connectivity index is 3.64. The maximum absolute atomic E-state index is 5.43. The van der Waals surface area contributed by atoms with Crippen molar-refractivity contribution < 1.29 is 9.47 Å². The van der Waals surface area contributed by atoms with Crippen LogP contribution in [0.2, 0.25) is 0 Å². The van der Waals surface area contributed by atoms with Crippen molar-refractivity contribution in [3.05, 3.63) is 0 Å². The van der Waals surface area contributed by atoms with E-state index in [1.54, 1.807) is 0 Å². The van der Waals surface area contributed by atoms with Crippen molar-refractivity contribution in [3.63, 3.8) is 0 Å². The molecule has 19 heavy (non-hydrogen) atoms. The number of nitrogens with zero attached hydrogens (tertiary/aromatic N) is 1. The van der Waals surface area contributed by atoms with Crippen LogP contribution in [-0.2, 0) is 9.47 Å². The molecule has 0 spiro atoms. The second-order valence-corrected chi connectivity index (χ2v) is 5.17. The van der Waals surface area contributed by atoms with Crippen LogP contribution in [0.15, 0.2) is 0 Å². The molecule has 0 bridgehead atoms. The van der Waals surface area contributed by atoms with E-state index in [9.17, 15) is 0 Å². The van der Waals surface area contributed by atoms with Gasteiger partial charge in [-0.2, -0.15) is 0 Å². The van der Waals surface area contributed by atoms with Gasteiger partial charge in [0.25, 0.3) is 0 Å². The lowest BCUT2D eigenvalue weighted by atomic mass is 10.1. The van der Waals surface area contributed by atoms with Crippen LogP contribution >= 0.6 is 0 Å². The summed E-state index contributed by atoms with van der Waals surface area (Å²) < 4.78 is 10.9. The molecule has 1 N–H and O–H groups in total. The minimum atomic E-state index is 0.777. The highest BCUT2D eigenvalue weighted by Crippen LogP contribution is 1.96. The molecule has 0 atom stereocenters. The summed E-state index contributed by atoms with van der Waals surface area (Å²) in [7, 11) is 0. The van der Waals surface area contributed by atoms with E-state index in [0.717, 1.165) is 65.1 Å².